The van der Waals surface area contributed by atoms with Gasteiger partial charge < -0.3 is 14.7 Å². The van der Waals surface area contributed by atoms with Crippen LogP contribution in [0.5, 0.6) is 0 Å². The second-order valence-electron chi connectivity index (χ2n) is 4.35. The minimum absolute atomic E-state index is 0.0746. The van der Waals surface area contributed by atoms with Crippen molar-refractivity contribution in [3.8, 4) is 0 Å². The molecule has 0 bridgehead atoms. The molecule has 0 aromatic heterocycles. The van der Waals surface area contributed by atoms with Crippen molar-refractivity contribution >= 4 is 11.9 Å². The number of carbonyl (C=O) groups is 2. The van der Waals surface area contributed by atoms with Crippen molar-refractivity contribution in [1.82, 2.24) is 4.90 Å². The number of hydrogen-bond acceptors (Lipinski definition) is 3. The molecule has 0 aliphatic carbocycles. The third-order valence-electron chi connectivity index (χ3n) is 2.83. The van der Waals surface area contributed by atoms with E-state index in [2.05, 4.69) is 0 Å². The summed E-state index contributed by atoms with van der Waals surface area (Å²) in [5.41, 5.74) is 0. The van der Waals surface area contributed by atoms with Gasteiger partial charge in [0.15, 0.2) is 0 Å². The standard InChI is InChI=1S/C11H19NO4/c1-8(7-16-2)6-10(13)12-5-3-4-9(12)11(14)15/h8-9H,3-7H2,1-2H3,(H,14,15). The molecular weight excluding hydrogens is 210 g/mol. The zero-order valence-corrected chi connectivity index (χ0v) is 9.81. The van der Waals surface area contributed by atoms with Gasteiger partial charge in [-0.05, 0) is 18.8 Å². The Morgan fingerprint density at radius 1 is 1.56 bits per heavy atom. The molecule has 1 N–H and O–H groups in total. The fourth-order valence-electron chi connectivity index (χ4n) is 2.08. The number of aliphatic carboxylic acids is 1. The molecule has 0 radical (unpaired) electrons. The SMILES string of the molecule is COCC(C)CC(=O)N1CCCC1C(=O)O. The van der Waals surface area contributed by atoms with E-state index >= 15 is 0 Å². The molecule has 1 amide bonds. The summed E-state index contributed by atoms with van der Waals surface area (Å²) in [5.74, 6) is -0.841. The number of rotatable bonds is 5. The third-order valence-corrected chi connectivity index (χ3v) is 2.83. The van der Waals surface area contributed by atoms with Gasteiger partial charge in [0.2, 0.25) is 5.91 Å². The maximum Gasteiger partial charge on any atom is 0.326 e. The van der Waals surface area contributed by atoms with Crippen molar-refractivity contribution in [2.45, 2.75) is 32.2 Å². The summed E-state index contributed by atoms with van der Waals surface area (Å²) < 4.78 is 4.95. The Kier molecular flexibility index (Phi) is 4.73. The van der Waals surface area contributed by atoms with Gasteiger partial charge >= 0.3 is 5.97 Å². The first kappa shape index (κ1) is 13.0. The molecule has 92 valence electrons. The Hall–Kier alpha value is -1.10. The first-order valence-corrected chi connectivity index (χ1v) is 5.57. The van der Waals surface area contributed by atoms with Crippen LogP contribution in [0.4, 0.5) is 0 Å². The number of amides is 1. The lowest BCUT2D eigenvalue weighted by Crippen LogP contribution is -2.41. The molecule has 2 atom stereocenters. The summed E-state index contributed by atoms with van der Waals surface area (Å²) in [6.07, 6.45) is 1.71. The van der Waals surface area contributed by atoms with Crippen molar-refractivity contribution in [3.05, 3.63) is 0 Å². The predicted octanol–water partition coefficient (Wildman–Crippen LogP) is 0.735. The number of nitrogens with zero attached hydrogens (tertiary/aromatic N) is 1. The lowest BCUT2D eigenvalue weighted by Gasteiger charge is -2.22. The second-order valence-corrected chi connectivity index (χ2v) is 4.35. The lowest BCUT2D eigenvalue weighted by atomic mass is 10.1. The van der Waals surface area contributed by atoms with Crippen LogP contribution in [-0.2, 0) is 14.3 Å². The summed E-state index contributed by atoms with van der Waals surface area (Å²) in [7, 11) is 1.59. The molecule has 16 heavy (non-hydrogen) atoms. The van der Waals surface area contributed by atoms with Crippen LogP contribution >= 0.6 is 0 Å². The van der Waals surface area contributed by atoms with Crippen molar-refractivity contribution < 1.29 is 19.4 Å². The first-order chi connectivity index (χ1) is 7.56. The van der Waals surface area contributed by atoms with Gasteiger partial charge in [-0.25, -0.2) is 4.79 Å². The summed E-state index contributed by atoms with van der Waals surface area (Å²) in [6.45, 7) is 3.01. The molecule has 1 heterocycles. The maximum atomic E-state index is 11.9. The van der Waals surface area contributed by atoms with Gasteiger partial charge in [0.05, 0.1) is 0 Å². The summed E-state index contributed by atoms with van der Waals surface area (Å²) in [6, 6.07) is -0.623. The normalized spacial score (nSPS) is 22.1. The number of methoxy groups -OCH3 is 1. The van der Waals surface area contributed by atoms with Crippen molar-refractivity contribution in [3.63, 3.8) is 0 Å². The van der Waals surface area contributed by atoms with Crippen LogP contribution in [0, 0.1) is 5.92 Å². The number of carboxylic acids is 1. The predicted molar refractivity (Wildman–Crippen MR) is 58.0 cm³/mol. The largest absolute Gasteiger partial charge is 0.480 e. The number of likely N-dealkylation sites (tertiary alicyclic amines) is 1. The van der Waals surface area contributed by atoms with Crippen LogP contribution in [0.1, 0.15) is 26.2 Å². The molecule has 0 aromatic carbocycles. The molecule has 0 aromatic rings. The van der Waals surface area contributed by atoms with E-state index in [1.54, 1.807) is 7.11 Å². The average Bonchev–Trinajstić information content (AvgIpc) is 2.65. The fraction of sp³-hybridized carbons (Fsp3) is 0.818. The second kappa shape index (κ2) is 5.84. The molecule has 0 saturated carbocycles. The molecule has 1 fully saturated rings. The van der Waals surface area contributed by atoms with E-state index in [4.69, 9.17) is 9.84 Å². The lowest BCUT2D eigenvalue weighted by molar-refractivity contribution is -0.148. The van der Waals surface area contributed by atoms with Crippen LogP contribution < -0.4 is 0 Å². The third kappa shape index (κ3) is 3.20. The number of carbonyl (C=O) groups excluding carboxylic acids is 1. The Labute approximate surface area is 95.4 Å². The minimum Gasteiger partial charge on any atom is -0.480 e. The highest BCUT2D eigenvalue weighted by atomic mass is 16.5. The molecule has 0 spiro atoms. The number of carboxylic acid groups (broad SMARTS) is 1. The van der Waals surface area contributed by atoms with E-state index < -0.39 is 12.0 Å². The van der Waals surface area contributed by atoms with E-state index in [0.29, 0.717) is 26.0 Å². The Morgan fingerprint density at radius 3 is 2.81 bits per heavy atom. The van der Waals surface area contributed by atoms with Gasteiger partial charge in [0, 0.05) is 26.7 Å². The molecule has 1 saturated heterocycles. The van der Waals surface area contributed by atoms with Gasteiger partial charge in [0.25, 0.3) is 0 Å². The van der Waals surface area contributed by atoms with E-state index in [0.717, 1.165) is 6.42 Å². The van der Waals surface area contributed by atoms with E-state index in [1.165, 1.54) is 4.90 Å². The Bertz CT molecular complexity index is 267. The topological polar surface area (TPSA) is 66.8 Å². The minimum atomic E-state index is -0.898. The zero-order chi connectivity index (χ0) is 12.1. The fourth-order valence-corrected chi connectivity index (χ4v) is 2.08. The van der Waals surface area contributed by atoms with E-state index in [-0.39, 0.29) is 11.8 Å². The number of hydrogen-bond donors (Lipinski definition) is 1. The van der Waals surface area contributed by atoms with Crippen LogP contribution in [0.15, 0.2) is 0 Å². The maximum absolute atomic E-state index is 11.9. The average molecular weight is 229 g/mol. The smallest absolute Gasteiger partial charge is 0.326 e. The van der Waals surface area contributed by atoms with Gasteiger partial charge in [-0.2, -0.15) is 0 Å². The highest BCUT2D eigenvalue weighted by Gasteiger charge is 2.33. The van der Waals surface area contributed by atoms with Crippen LogP contribution in [0.25, 0.3) is 0 Å². The monoisotopic (exact) mass is 229 g/mol. The Balaban J connectivity index is 2.49. The van der Waals surface area contributed by atoms with Gasteiger partial charge in [0.1, 0.15) is 6.04 Å². The summed E-state index contributed by atoms with van der Waals surface area (Å²) >= 11 is 0. The van der Waals surface area contributed by atoms with Gasteiger partial charge in [-0.3, -0.25) is 4.79 Å². The molecule has 5 heteroatoms. The summed E-state index contributed by atoms with van der Waals surface area (Å²) in [4.78, 5) is 24.2. The van der Waals surface area contributed by atoms with Crippen LogP contribution in [-0.4, -0.2) is 48.2 Å². The van der Waals surface area contributed by atoms with Crippen molar-refractivity contribution in [2.75, 3.05) is 20.3 Å². The molecule has 5 nitrogen and oxygen atoms in total. The summed E-state index contributed by atoms with van der Waals surface area (Å²) in [5, 5.41) is 8.95. The van der Waals surface area contributed by atoms with E-state index in [9.17, 15) is 9.59 Å². The van der Waals surface area contributed by atoms with Gasteiger partial charge in [-0.1, -0.05) is 6.92 Å². The number of ether oxygens (including phenoxy) is 1. The first-order valence-electron chi connectivity index (χ1n) is 5.57. The quantitative estimate of drug-likeness (QED) is 0.755. The molecule has 1 rings (SSSR count). The molecule has 1 aliphatic rings. The molecule has 1 aliphatic heterocycles. The van der Waals surface area contributed by atoms with Crippen LogP contribution in [0.2, 0.25) is 0 Å². The van der Waals surface area contributed by atoms with E-state index in [1.807, 2.05) is 6.92 Å². The molecule has 2 unspecified atom stereocenters. The molecular formula is C11H19NO4. The zero-order valence-electron chi connectivity index (χ0n) is 9.81. The van der Waals surface area contributed by atoms with Crippen molar-refractivity contribution in [1.29, 1.82) is 0 Å². The van der Waals surface area contributed by atoms with Crippen LogP contribution in [0.3, 0.4) is 0 Å². The highest BCUT2D eigenvalue weighted by Crippen LogP contribution is 2.19. The van der Waals surface area contributed by atoms with Crippen molar-refractivity contribution in [2.24, 2.45) is 5.92 Å². The Morgan fingerprint density at radius 2 is 2.25 bits per heavy atom. The highest BCUT2D eigenvalue weighted by molar-refractivity contribution is 5.84. The van der Waals surface area contributed by atoms with Gasteiger partial charge in [-0.15, -0.1) is 0 Å².